The van der Waals surface area contributed by atoms with Gasteiger partial charge in [-0.1, -0.05) is 29.3 Å². The van der Waals surface area contributed by atoms with Crippen LogP contribution in [-0.4, -0.2) is 11.0 Å². The zero-order chi connectivity index (χ0) is 17.8. The smallest absolute Gasteiger partial charge is 0.291 e. The van der Waals surface area contributed by atoms with Gasteiger partial charge in [-0.05, 0) is 48.5 Å². The highest BCUT2D eigenvalue weighted by Crippen LogP contribution is 2.27. The fourth-order valence-electron chi connectivity index (χ4n) is 2.08. The number of ether oxygens (including phenoxy) is 1. The first-order valence-electron chi connectivity index (χ1n) is 7.28. The second-order valence-electron chi connectivity index (χ2n) is 5.13. The molecule has 128 valence electrons. The lowest BCUT2D eigenvalue weighted by Crippen LogP contribution is -2.11. The summed E-state index contributed by atoms with van der Waals surface area (Å²) in [5, 5.41) is 13.2. The summed E-state index contributed by atoms with van der Waals surface area (Å²) in [4.78, 5) is 12.2. The highest BCUT2D eigenvalue weighted by atomic mass is 35.5. The maximum Gasteiger partial charge on any atom is 0.291 e. The van der Waals surface area contributed by atoms with Gasteiger partial charge < -0.3 is 19.6 Å². The van der Waals surface area contributed by atoms with E-state index in [1.807, 2.05) is 0 Å². The van der Waals surface area contributed by atoms with Crippen LogP contribution in [0.25, 0.3) is 0 Å². The van der Waals surface area contributed by atoms with Crippen molar-refractivity contribution in [1.29, 1.82) is 0 Å². The Morgan fingerprint density at radius 2 is 1.88 bits per heavy atom. The summed E-state index contributed by atoms with van der Waals surface area (Å²) in [6, 6.07) is 14.5. The Morgan fingerprint density at radius 1 is 1.08 bits per heavy atom. The molecule has 2 aromatic carbocycles. The third kappa shape index (κ3) is 4.47. The molecule has 3 aromatic rings. The van der Waals surface area contributed by atoms with Crippen LogP contribution in [0, 0.1) is 0 Å². The molecular formula is C18H13Cl2NO4. The Balaban J connectivity index is 1.64. The molecule has 0 unspecified atom stereocenters. The number of carbonyl (C=O) groups excluding carboxylic acids is 1. The van der Waals surface area contributed by atoms with Crippen LogP contribution in [-0.2, 0) is 6.61 Å². The molecule has 0 aliphatic carbocycles. The van der Waals surface area contributed by atoms with Crippen molar-refractivity contribution < 1.29 is 19.1 Å². The number of carbonyl (C=O) groups is 1. The number of nitrogens with one attached hydrogen (secondary N) is 1. The molecule has 3 rings (SSSR count). The van der Waals surface area contributed by atoms with Gasteiger partial charge in [0.1, 0.15) is 23.9 Å². The summed E-state index contributed by atoms with van der Waals surface area (Å²) in [7, 11) is 0. The molecule has 0 saturated heterocycles. The van der Waals surface area contributed by atoms with Crippen LogP contribution in [0.15, 0.2) is 59.0 Å². The predicted octanol–water partition coefficient (Wildman–Crippen LogP) is 5.12. The zero-order valence-electron chi connectivity index (χ0n) is 12.8. The normalized spacial score (nSPS) is 10.5. The number of aromatic hydroxyl groups is 1. The van der Waals surface area contributed by atoms with Crippen LogP contribution in [0.5, 0.6) is 11.5 Å². The predicted molar refractivity (Wildman–Crippen MR) is 95.6 cm³/mol. The number of halogens is 2. The average Bonchev–Trinajstić information content (AvgIpc) is 3.05. The Bertz CT molecular complexity index is 908. The Labute approximate surface area is 153 Å². The van der Waals surface area contributed by atoms with E-state index in [9.17, 15) is 9.90 Å². The second kappa shape index (κ2) is 7.51. The first-order valence-corrected chi connectivity index (χ1v) is 8.04. The van der Waals surface area contributed by atoms with E-state index in [1.54, 1.807) is 30.3 Å². The van der Waals surface area contributed by atoms with Gasteiger partial charge in [-0.3, -0.25) is 4.79 Å². The van der Waals surface area contributed by atoms with Crippen LogP contribution in [0.1, 0.15) is 16.3 Å². The number of anilines is 1. The van der Waals surface area contributed by atoms with Crippen LogP contribution >= 0.6 is 23.2 Å². The van der Waals surface area contributed by atoms with Crippen LogP contribution in [0.3, 0.4) is 0 Å². The molecule has 1 heterocycles. The van der Waals surface area contributed by atoms with Crippen molar-refractivity contribution in [2.75, 3.05) is 5.32 Å². The number of phenolic OH excluding ortho intramolecular Hbond substituents is 1. The van der Waals surface area contributed by atoms with Crippen molar-refractivity contribution in [2.45, 2.75) is 6.61 Å². The van der Waals surface area contributed by atoms with Gasteiger partial charge in [0.2, 0.25) is 0 Å². The van der Waals surface area contributed by atoms with Crippen molar-refractivity contribution in [1.82, 2.24) is 0 Å². The Morgan fingerprint density at radius 3 is 2.68 bits per heavy atom. The van der Waals surface area contributed by atoms with Crippen LogP contribution in [0.2, 0.25) is 10.0 Å². The van der Waals surface area contributed by atoms with E-state index in [-0.39, 0.29) is 23.8 Å². The van der Waals surface area contributed by atoms with E-state index in [0.717, 1.165) is 0 Å². The quantitative estimate of drug-likeness (QED) is 0.605. The molecule has 0 radical (unpaired) electrons. The van der Waals surface area contributed by atoms with Crippen molar-refractivity contribution in [2.24, 2.45) is 0 Å². The largest absolute Gasteiger partial charge is 0.506 e. The van der Waals surface area contributed by atoms with E-state index < -0.39 is 5.91 Å². The van der Waals surface area contributed by atoms with Crippen molar-refractivity contribution >= 4 is 34.8 Å². The minimum Gasteiger partial charge on any atom is -0.506 e. The van der Waals surface area contributed by atoms with Crippen LogP contribution < -0.4 is 10.1 Å². The highest BCUT2D eigenvalue weighted by Gasteiger charge is 2.14. The molecule has 2 N–H and O–H groups in total. The van der Waals surface area contributed by atoms with Crippen molar-refractivity contribution in [3.8, 4) is 11.5 Å². The number of phenols is 1. The van der Waals surface area contributed by atoms with E-state index >= 15 is 0 Å². The van der Waals surface area contributed by atoms with Gasteiger partial charge >= 0.3 is 0 Å². The fourth-order valence-corrected chi connectivity index (χ4v) is 2.43. The van der Waals surface area contributed by atoms with Gasteiger partial charge in [-0.15, -0.1) is 0 Å². The fraction of sp³-hybridized carbons (Fsp3) is 0.0556. The first kappa shape index (κ1) is 17.2. The molecule has 0 aliphatic rings. The maximum absolute atomic E-state index is 12.2. The number of furan rings is 1. The summed E-state index contributed by atoms with van der Waals surface area (Å²) in [5.74, 6) is 0.559. The van der Waals surface area contributed by atoms with Gasteiger partial charge in [-0.2, -0.15) is 0 Å². The van der Waals surface area contributed by atoms with Crippen molar-refractivity contribution in [3.63, 3.8) is 0 Å². The molecule has 0 aliphatic heterocycles. The molecule has 1 amide bonds. The van der Waals surface area contributed by atoms with Gasteiger partial charge in [0.05, 0.1) is 5.69 Å². The first-order chi connectivity index (χ1) is 12.0. The summed E-state index contributed by atoms with van der Waals surface area (Å²) in [6.07, 6.45) is 0. The molecule has 1 aromatic heterocycles. The van der Waals surface area contributed by atoms with E-state index in [0.29, 0.717) is 21.6 Å². The maximum atomic E-state index is 12.2. The SMILES string of the molecule is O=C(Nc1cc(Cl)ccc1O)c1ccc(COc2cccc(Cl)c2)o1. The van der Waals surface area contributed by atoms with Crippen LogP contribution in [0.4, 0.5) is 5.69 Å². The van der Waals surface area contributed by atoms with E-state index in [1.165, 1.54) is 24.3 Å². The second-order valence-corrected chi connectivity index (χ2v) is 6.00. The lowest BCUT2D eigenvalue weighted by Gasteiger charge is -2.06. The number of hydrogen-bond acceptors (Lipinski definition) is 4. The van der Waals surface area contributed by atoms with E-state index in [4.69, 9.17) is 32.4 Å². The van der Waals surface area contributed by atoms with Gasteiger partial charge in [0, 0.05) is 10.0 Å². The van der Waals surface area contributed by atoms with Gasteiger partial charge in [-0.25, -0.2) is 0 Å². The molecule has 0 spiro atoms. The molecule has 0 fully saturated rings. The topological polar surface area (TPSA) is 71.7 Å². The minimum absolute atomic E-state index is 0.0871. The Hall–Kier alpha value is -2.63. The number of hydrogen-bond donors (Lipinski definition) is 2. The number of benzene rings is 2. The molecule has 5 nitrogen and oxygen atoms in total. The molecular weight excluding hydrogens is 365 g/mol. The molecule has 25 heavy (non-hydrogen) atoms. The van der Waals surface area contributed by atoms with Gasteiger partial charge in [0.25, 0.3) is 5.91 Å². The molecule has 7 heteroatoms. The number of rotatable bonds is 5. The third-order valence-corrected chi connectivity index (χ3v) is 3.74. The summed E-state index contributed by atoms with van der Waals surface area (Å²) >= 11 is 11.7. The standard InChI is InChI=1S/C18H13Cl2NO4/c19-11-2-1-3-13(8-11)24-10-14-5-7-17(25-14)18(23)21-15-9-12(20)4-6-16(15)22/h1-9,22H,10H2,(H,21,23). The summed E-state index contributed by atoms with van der Waals surface area (Å²) in [5.41, 5.74) is 0.200. The van der Waals surface area contributed by atoms with Gasteiger partial charge in [0.15, 0.2) is 5.76 Å². The monoisotopic (exact) mass is 377 g/mol. The molecule has 0 atom stereocenters. The minimum atomic E-state index is -0.508. The number of amides is 1. The van der Waals surface area contributed by atoms with Crippen molar-refractivity contribution in [3.05, 3.63) is 76.2 Å². The molecule has 0 saturated carbocycles. The highest BCUT2D eigenvalue weighted by molar-refractivity contribution is 6.31. The lowest BCUT2D eigenvalue weighted by atomic mass is 10.3. The third-order valence-electron chi connectivity index (χ3n) is 3.27. The van der Waals surface area contributed by atoms with E-state index in [2.05, 4.69) is 5.32 Å². The summed E-state index contributed by atoms with van der Waals surface area (Å²) in [6.45, 7) is 0.149. The lowest BCUT2D eigenvalue weighted by molar-refractivity contribution is 0.0992. The zero-order valence-corrected chi connectivity index (χ0v) is 14.3. The summed E-state index contributed by atoms with van der Waals surface area (Å²) < 4.78 is 11.0. The average molecular weight is 378 g/mol. The molecule has 0 bridgehead atoms. The Kier molecular flexibility index (Phi) is 5.16.